The van der Waals surface area contributed by atoms with Gasteiger partial charge in [0.25, 0.3) is 10.0 Å². The first-order valence-electron chi connectivity index (χ1n) is 8.44. The van der Waals surface area contributed by atoms with Gasteiger partial charge in [0.15, 0.2) is 5.76 Å². The Morgan fingerprint density at radius 3 is 2.57 bits per heavy atom. The van der Waals surface area contributed by atoms with Crippen LogP contribution >= 0.6 is 0 Å². The number of sulfonamides is 1. The first kappa shape index (κ1) is 17.9. The number of nitrogens with zero attached hydrogens (tertiary/aromatic N) is 2. The summed E-state index contributed by atoms with van der Waals surface area (Å²) in [5.74, 6) is -0.461. The molecule has 0 amide bonds. The molecule has 0 radical (unpaired) electrons. The molecule has 2 heterocycles. The maximum atomic E-state index is 13.4. The van der Waals surface area contributed by atoms with Gasteiger partial charge in [-0.05, 0) is 18.2 Å². The molecule has 7 nitrogen and oxygen atoms in total. The van der Waals surface area contributed by atoms with Gasteiger partial charge in [0, 0.05) is 18.2 Å². The summed E-state index contributed by atoms with van der Waals surface area (Å²) in [7, 11) is -1.01. The SMILES string of the molecule is COc1ccccc1C1C(C#N)=C(N)OC2=C1S(=O)(=O)N(C)c1ccccc12. The summed E-state index contributed by atoms with van der Waals surface area (Å²) < 4.78 is 39.2. The Bertz CT molecular complexity index is 1190. The Morgan fingerprint density at radius 1 is 1.18 bits per heavy atom. The first-order chi connectivity index (χ1) is 13.4. The second-order valence-corrected chi connectivity index (χ2v) is 8.29. The van der Waals surface area contributed by atoms with Gasteiger partial charge in [0.05, 0.1) is 18.7 Å². The summed E-state index contributed by atoms with van der Waals surface area (Å²) in [5.41, 5.74) is 7.67. The molecule has 142 valence electrons. The number of rotatable bonds is 2. The van der Waals surface area contributed by atoms with Gasteiger partial charge in [-0.1, -0.05) is 30.3 Å². The first-order valence-corrected chi connectivity index (χ1v) is 9.88. The Kier molecular flexibility index (Phi) is 4.05. The van der Waals surface area contributed by atoms with E-state index in [1.807, 2.05) is 6.07 Å². The third-order valence-electron chi connectivity index (χ3n) is 4.95. The van der Waals surface area contributed by atoms with Gasteiger partial charge in [-0.25, -0.2) is 8.42 Å². The van der Waals surface area contributed by atoms with Crippen molar-refractivity contribution in [3.8, 4) is 11.8 Å². The molecule has 2 aliphatic rings. The molecule has 1 atom stereocenters. The van der Waals surface area contributed by atoms with Crippen LogP contribution in [-0.4, -0.2) is 22.6 Å². The maximum Gasteiger partial charge on any atom is 0.264 e. The van der Waals surface area contributed by atoms with Crippen molar-refractivity contribution in [3.05, 3.63) is 76.0 Å². The third-order valence-corrected chi connectivity index (χ3v) is 6.84. The average Bonchev–Trinajstić information content (AvgIpc) is 2.71. The van der Waals surface area contributed by atoms with E-state index in [4.69, 9.17) is 15.2 Å². The van der Waals surface area contributed by atoms with Crippen LogP contribution in [0.3, 0.4) is 0 Å². The van der Waals surface area contributed by atoms with Crippen molar-refractivity contribution in [2.45, 2.75) is 5.92 Å². The van der Waals surface area contributed by atoms with Gasteiger partial charge in [-0.3, -0.25) is 4.31 Å². The highest BCUT2D eigenvalue weighted by atomic mass is 32.2. The standard InChI is InChI=1S/C20H17N3O4S/c1-23-15-9-5-3-7-12(15)18-19(28(23,24)25)17(14(11-21)20(22)27-18)13-8-4-6-10-16(13)26-2/h3-10,17H,22H2,1-2H3. The van der Waals surface area contributed by atoms with E-state index in [9.17, 15) is 13.7 Å². The minimum Gasteiger partial charge on any atom is -0.496 e. The Labute approximate surface area is 162 Å². The highest BCUT2D eigenvalue weighted by Crippen LogP contribution is 2.51. The number of para-hydroxylation sites is 2. The Morgan fingerprint density at radius 2 is 1.86 bits per heavy atom. The van der Waals surface area contributed by atoms with Crippen molar-refractivity contribution >= 4 is 21.5 Å². The second-order valence-electron chi connectivity index (χ2n) is 6.35. The predicted molar refractivity (Wildman–Crippen MR) is 104 cm³/mol. The molecule has 0 aromatic heterocycles. The fourth-order valence-electron chi connectivity index (χ4n) is 3.61. The average molecular weight is 395 g/mol. The zero-order valence-electron chi connectivity index (χ0n) is 15.2. The molecular weight excluding hydrogens is 378 g/mol. The van der Waals surface area contributed by atoms with Crippen LogP contribution in [0.5, 0.6) is 5.75 Å². The van der Waals surface area contributed by atoms with E-state index in [0.717, 1.165) is 0 Å². The van der Waals surface area contributed by atoms with E-state index in [2.05, 4.69) is 0 Å². The Balaban J connectivity index is 2.10. The molecule has 4 rings (SSSR count). The number of benzene rings is 2. The van der Waals surface area contributed by atoms with Crippen molar-refractivity contribution in [1.29, 1.82) is 5.26 Å². The lowest BCUT2D eigenvalue weighted by molar-refractivity contribution is 0.356. The summed E-state index contributed by atoms with van der Waals surface area (Å²) in [5, 5.41) is 9.74. The van der Waals surface area contributed by atoms with Crippen LogP contribution in [0.15, 0.2) is 64.9 Å². The number of methoxy groups -OCH3 is 1. The highest BCUT2D eigenvalue weighted by Gasteiger charge is 2.46. The van der Waals surface area contributed by atoms with E-state index in [0.29, 0.717) is 22.6 Å². The summed E-state index contributed by atoms with van der Waals surface area (Å²) in [4.78, 5) is -0.0241. The monoisotopic (exact) mass is 395 g/mol. The minimum absolute atomic E-state index is 0.0241. The van der Waals surface area contributed by atoms with Crippen molar-refractivity contribution in [3.63, 3.8) is 0 Å². The summed E-state index contributed by atoms with van der Waals surface area (Å²) in [6.07, 6.45) is 0. The molecule has 2 aromatic rings. The van der Waals surface area contributed by atoms with Crippen LogP contribution < -0.4 is 14.8 Å². The smallest absolute Gasteiger partial charge is 0.264 e. The number of allylic oxidation sites excluding steroid dienone is 2. The Hall–Kier alpha value is -3.44. The molecule has 0 saturated heterocycles. The van der Waals surface area contributed by atoms with Crippen LogP contribution in [0.25, 0.3) is 5.76 Å². The van der Waals surface area contributed by atoms with Gasteiger partial charge in [0.2, 0.25) is 5.88 Å². The van der Waals surface area contributed by atoms with E-state index < -0.39 is 15.9 Å². The van der Waals surface area contributed by atoms with Crippen molar-refractivity contribution in [2.75, 3.05) is 18.5 Å². The fourth-order valence-corrected chi connectivity index (χ4v) is 5.25. The summed E-state index contributed by atoms with van der Waals surface area (Å²) in [6, 6.07) is 16.0. The van der Waals surface area contributed by atoms with Crippen LogP contribution in [0.2, 0.25) is 0 Å². The summed E-state index contributed by atoms with van der Waals surface area (Å²) >= 11 is 0. The van der Waals surface area contributed by atoms with E-state index in [1.54, 1.807) is 48.5 Å². The fraction of sp³-hybridized carbons (Fsp3) is 0.150. The van der Waals surface area contributed by atoms with E-state index >= 15 is 0 Å². The molecule has 1 unspecified atom stereocenters. The summed E-state index contributed by atoms with van der Waals surface area (Å²) in [6.45, 7) is 0. The zero-order chi connectivity index (χ0) is 20.1. The predicted octanol–water partition coefficient (Wildman–Crippen LogP) is 2.65. The molecule has 2 aliphatic heterocycles. The van der Waals surface area contributed by atoms with Crippen molar-refractivity contribution in [2.24, 2.45) is 5.73 Å². The lowest BCUT2D eigenvalue weighted by atomic mass is 9.87. The molecule has 0 aliphatic carbocycles. The second kappa shape index (κ2) is 6.32. The van der Waals surface area contributed by atoms with Gasteiger partial charge >= 0.3 is 0 Å². The molecule has 8 heteroatoms. The molecule has 0 bridgehead atoms. The van der Waals surface area contributed by atoms with Crippen LogP contribution in [0.1, 0.15) is 17.0 Å². The minimum atomic E-state index is -3.97. The normalized spacial score (nSPS) is 20.0. The highest BCUT2D eigenvalue weighted by molar-refractivity contribution is 7.96. The largest absolute Gasteiger partial charge is 0.496 e. The number of hydrogen-bond acceptors (Lipinski definition) is 6. The number of fused-ring (bicyclic) bond motifs is 2. The van der Waals surface area contributed by atoms with Gasteiger partial charge < -0.3 is 15.2 Å². The van der Waals surface area contributed by atoms with Gasteiger partial charge in [-0.15, -0.1) is 0 Å². The van der Waals surface area contributed by atoms with Gasteiger partial charge in [-0.2, -0.15) is 5.26 Å². The zero-order valence-corrected chi connectivity index (χ0v) is 16.0. The number of hydrogen-bond donors (Lipinski definition) is 1. The lowest BCUT2D eigenvalue weighted by Crippen LogP contribution is -2.37. The topological polar surface area (TPSA) is 106 Å². The molecule has 0 fully saturated rings. The molecular formula is C20H17N3O4S. The molecule has 0 saturated carbocycles. The quantitative estimate of drug-likeness (QED) is 0.838. The number of anilines is 1. The van der Waals surface area contributed by atoms with Crippen LogP contribution in [-0.2, 0) is 14.8 Å². The molecule has 2 N–H and O–H groups in total. The van der Waals surface area contributed by atoms with Crippen molar-refractivity contribution in [1.82, 2.24) is 0 Å². The van der Waals surface area contributed by atoms with E-state index in [1.165, 1.54) is 18.5 Å². The lowest BCUT2D eigenvalue weighted by Gasteiger charge is -2.36. The maximum absolute atomic E-state index is 13.4. The molecule has 2 aromatic carbocycles. The number of nitrogens with two attached hydrogens (primary N) is 1. The third kappa shape index (κ3) is 2.37. The van der Waals surface area contributed by atoms with Gasteiger partial charge in [0.1, 0.15) is 22.3 Å². The van der Waals surface area contributed by atoms with Crippen LogP contribution in [0, 0.1) is 11.3 Å². The number of nitriles is 1. The molecule has 28 heavy (non-hydrogen) atoms. The van der Waals surface area contributed by atoms with E-state index in [-0.39, 0.29) is 22.1 Å². The van der Waals surface area contributed by atoms with Crippen LogP contribution in [0.4, 0.5) is 5.69 Å². The molecule has 0 spiro atoms. The number of ether oxygens (including phenoxy) is 2. The van der Waals surface area contributed by atoms with Crippen molar-refractivity contribution < 1.29 is 17.9 Å².